The summed E-state index contributed by atoms with van der Waals surface area (Å²) in [7, 11) is -1.42. The molecule has 2 rings (SSSR count). The van der Waals surface area contributed by atoms with E-state index < -0.39 is 9.84 Å². The molecule has 1 saturated heterocycles. The van der Waals surface area contributed by atoms with E-state index in [4.69, 9.17) is 17.3 Å². The van der Waals surface area contributed by atoms with Crippen LogP contribution in [0, 0.1) is 0 Å². The topological polar surface area (TPSA) is 80.5 Å². The molecule has 1 aromatic rings. The van der Waals surface area contributed by atoms with Crippen molar-refractivity contribution >= 4 is 33.0 Å². The molecule has 5 nitrogen and oxygen atoms in total. The van der Waals surface area contributed by atoms with Crippen molar-refractivity contribution in [1.29, 1.82) is 0 Å². The van der Waals surface area contributed by atoms with E-state index in [2.05, 4.69) is 0 Å². The van der Waals surface area contributed by atoms with Gasteiger partial charge in [-0.3, -0.25) is 4.79 Å². The monoisotopic (exact) mass is 302 g/mol. The van der Waals surface area contributed by atoms with Crippen LogP contribution in [0.1, 0.15) is 16.8 Å². The van der Waals surface area contributed by atoms with Crippen LogP contribution in [-0.4, -0.2) is 43.8 Å². The lowest BCUT2D eigenvalue weighted by Crippen LogP contribution is -2.37. The minimum Gasteiger partial charge on any atom is -0.399 e. The lowest BCUT2D eigenvalue weighted by atomic mass is 10.1. The number of amides is 1. The van der Waals surface area contributed by atoms with Gasteiger partial charge in [-0.1, -0.05) is 11.6 Å². The number of sulfone groups is 1. The Morgan fingerprint density at radius 1 is 1.42 bits per heavy atom. The van der Waals surface area contributed by atoms with Crippen LogP contribution >= 0.6 is 11.6 Å². The minimum atomic E-state index is -3.02. The smallest absolute Gasteiger partial charge is 0.254 e. The van der Waals surface area contributed by atoms with Gasteiger partial charge >= 0.3 is 0 Å². The Bertz CT molecular complexity index is 595. The number of carbonyl (C=O) groups is 1. The number of halogens is 1. The maximum Gasteiger partial charge on any atom is 0.254 e. The molecule has 1 aliphatic rings. The van der Waals surface area contributed by atoms with Crippen LogP contribution in [0.15, 0.2) is 18.2 Å². The number of nitrogen functional groups attached to an aromatic ring is 1. The number of nitrogens with zero attached hydrogens (tertiary/aromatic N) is 1. The highest BCUT2D eigenvalue weighted by Gasteiger charge is 2.33. The van der Waals surface area contributed by atoms with Gasteiger partial charge in [0.15, 0.2) is 9.84 Å². The molecule has 1 heterocycles. The van der Waals surface area contributed by atoms with Crippen molar-refractivity contribution < 1.29 is 13.2 Å². The van der Waals surface area contributed by atoms with Gasteiger partial charge in [-0.2, -0.15) is 0 Å². The molecule has 0 aromatic heterocycles. The van der Waals surface area contributed by atoms with Crippen LogP contribution in [-0.2, 0) is 9.84 Å². The number of rotatable bonds is 2. The molecule has 0 spiro atoms. The van der Waals surface area contributed by atoms with E-state index >= 15 is 0 Å². The van der Waals surface area contributed by atoms with Crippen LogP contribution in [0.2, 0.25) is 5.02 Å². The van der Waals surface area contributed by atoms with Gasteiger partial charge in [-0.15, -0.1) is 0 Å². The quantitative estimate of drug-likeness (QED) is 0.832. The average Bonchev–Trinajstić information content (AvgIpc) is 2.66. The Labute approximate surface area is 117 Å². The maximum absolute atomic E-state index is 12.3. The fourth-order valence-electron chi connectivity index (χ4n) is 2.19. The van der Waals surface area contributed by atoms with E-state index in [1.54, 1.807) is 13.1 Å². The maximum atomic E-state index is 12.3. The number of benzene rings is 1. The summed E-state index contributed by atoms with van der Waals surface area (Å²) in [6, 6.07) is 4.34. The van der Waals surface area contributed by atoms with Crippen LogP contribution in [0.4, 0.5) is 5.69 Å². The first-order valence-electron chi connectivity index (χ1n) is 5.82. The second-order valence-electron chi connectivity index (χ2n) is 4.75. The van der Waals surface area contributed by atoms with Gasteiger partial charge in [0.2, 0.25) is 0 Å². The average molecular weight is 303 g/mol. The standard InChI is InChI=1S/C12H15ClN2O3S/c1-15(11-2-3-19(17,18)7-11)12(16)8-4-9(13)6-10(14)5-8/h4-6,11H,2-3,7,14H2,1H3. The van der Waals surface area contributed by atoms with Crippen LogP contribution < -0.4 is 5.73 Å². The van der Waals surface area contributed by atoms with Crippen molar-refractivity contribution in [2.24, 2.45) is 0 Å². The Hall–Kier alpha value is -1.27. The summed E-state index contributed by atoms with van der Waals surface area (Å²) in [5, 5.41) is 0.385. The summed E-state index contributed by atoms with van der Waals surface area (Å²) in [4.78, 5) is 13.7. The molecule has 1 unspecified atom stereocenters. The summed E-state index contributed by atoms with van der Waals surface area (Å²) < 4.78 is 22.9. The largest absolute Gasteiger partial charge is 0.399 e. The lowest BCUT2D eigenvalue weighted by Gasteiger charge is -2.23. The fourth-order valence-corrected chi connectivity index (χ4v) is 4.20. The molecule has 1 aliphatic heterocycles. The number of anilines is 1. The van der Waals surface area contributed by atoms with Crippen LogP contribution in [0.25, 0.3) is 0 Å². The van der Waals surface area contributed by atoms with Crippen molar-refractivity contribution in [1.82, 2.24) is 4.90 Å². The van der Waals surface area contributed by atoms with E-state index in [0.717, 1.165) is 0 Å². The van der Waals surface area contributed by atoms with Crippen molar-refractivity contribution in [3.05, 3.63) is 28.8 Å². The van der Waals surface area contributed by atoms with Crippen molar-refractivity contribution in [2.75, 3.05) is 24.3 Å². The molecule has 1 atom stereocenters. The van der Waals surface area contributed by atoms with E-state index in [9.17, 15) is 13.2 Å². The zero-order chi connectivity index (χ0) is 14.2. The number of carbonyl (C=O) groups excluding carboxylic acids is 1. The molecular weight excluding hydrogens is 288 g/mol. The van der Waals surface area contributed by atoms with Crippen molar-refractivity contribution in [2.45, 2.75) is 12.5 Å². The fraction of sp³-hybridized carbons (Fsp3) is 0.417. The number of nitrogens with two attached hydrogens (primary N) is 1. The van der Waals surface area contributed by atoms with Crippen molar-refractivity contribution in [3.8, 4) is 0 Å². The Kier molecular flexibility index (Phi) is 3.73. The van der Waals surface area contributed by atoms with Gasteiger partial charge in [0.25, 0.3) is 5.91 Å². The molecular formula is C12H15ClN2O3S. The molecule has 1 amide bonds. The van der Waals surface area contributed by atoms with Gasteiger partial charge in [0, 0.05) is 29.4 Å². The zero-order valence-electron chi connectivity index (χ0n) is 10.5. The summed E-state index contributed by atoms with van der Waals surface area (Å²) >= 11 is 5.86. The highest BCUT2D eigenvalue weighted by atomic mass is 35.5. The zero-order valence-corrected chi connectivity index (χ0v) is 12.0. The molecule has 7 heteroatoms. The summed E-state index contributed by atoms with van der Waals surface area (Å²) in [5.74, 6) is -0.116. The second-order valence-corrected chi connectivity index (χ2v) is 7.41. The normalized spacial score (nSPS) is 21.3. The first-order valence-corrected chi connectivity index (χ1v) is 8.02. The third-order valence-electron chi connectivity index (χ3n) is 3.24. The first kappa shape index (κ1) is 14.1. The molecule has 0 aliphatic carbocycles. The van der Waals surface area contributed by atoms with Gasteiger partial charge in [0.05, 0.1) is 11.5 Å². The summed E-state index contributed by atoms with van der Waals surface area (Å²) in [5.41, 5.74) is 6.42. The third-order valence-corrected chi connectivity index (χ3v) is 5.21. The molecule has 0 radical (unpaired) electrons. The highest BCUT2D eigenvalue weighted by molar-refractivity contribution is 7.91. The Morgan fingerprint density at radius 2 is 2.11 bits per heavy atom. The number of hydrogen-bond donors (Lipinski definition) is 1. The number of hydrogen-bond acceptors (Lipinski definition) is 4. The van der Waals surface area contributed by atoms with Gasteiger partial charge in [-0.05, 0) is 24.6 Å². The Morgan fingerprint density at radius 3 is 2.63 bits per heavy atom. The molecule has 1 fully saturated rings. The molecule has 0 saturated carbocycles. The van der Waals surface area contributed by atoms with Gasteiger partial charge in [0.1, 0.15) is 0 Å². The van der Waals surface area contributed by atoms with Gasteiger partial charge < -0.3 is 10.6 Å². The van der Waals surface area contributed by atoms with E-state index in [-0.39, 0.29) is 23.5 Å². The molecule has 19 heavy (non-hydrogen) atoms. The second kappa shape index (κ2) is 5.02. The van der Waals surface area contributed by atoms with E-state index in [1.807, 2.05) is 0 Å². The highest BCUT2D eigenvalue weighted by Crippen LogP contribution is 2.21. The van der Waals surface area contributed by atoms with Crippen molar-refractivity contribution in [3.63, 3.8) is 0 Å². The van der Waals surface area contributed by atoms with E-state index in [1.165, 1.54) is 17.0 Å². The molecule has 0 bridgehead atoms. The summed E-state index contributed by atoms with van der Waals surface area (Å²) in [6.45, 7) is 0. The Balaban J connectivity index is 2.20. The molecule has 2 N–H and O–H groups in total. The lowest BCUT2D eigenvalue weighted by molar-refractivity contribution is 0.0748. The molecule has 104 valence electrons. The molecule has 1 aromatic carbocycles. The van der Waals surface area contributed by atoms with Crippen LogP contribution in [0.3, 0.4) is 0 Å². The predicted molar refractivity (Wildman–Crippen MR) is 75.0 cm³/mol. The summed E-state index contributed by atoms with van der Waals surface area (Å²) in [6.07, 6.45) is 0.473. The van der Waals surface area contributed by atoms with Crippen LogP contribution in [0.5, 0.6) is 0 Å². The third kappa shape index (κ3) is 3.19. The van der Waals surface area contributed by atoms with Gasteiger partial charge in [-0.25, -0.2) is 8.42 Å². The first-order chi connectivity index (χ1) is 8.78. The predicted octanol–water partition coefficient (Wildman–Crippen LogP) is 1.18. The minimum absolute atomic E-state index is 0.0191. The van der Waals surface area contributed by atoms with E-state index in [0.29, 0.717) is 22.7 Å². The SMILES string of the molecule is CN(C(=O)c1cc(N)cc(Cl)c1)C1CCS(=O)(=O)C1.